The van der Waals surface area contributed by atoms with Crippen LogP contribution >= 0.6 is 23.2 Å². The summed E-state index contributed by atoms with van der Waals surface area (Å²) in [5.74, 6) is 0.404. The number of guanidine groups is 1. The van der Waals surface area contributed by atoms with Crippen LogP contribution in [-0.2, 0) is 4.84 Å². The lowest BCUT2D eigenvalue weighted by molar-refractivity contribution is 0.0974. The molecule has 1 rings (SSSR count). The Balaban J connectivity index is 2.49. The molecule has 0 aliphatic heterocycles. The normalized spacial score (nSPS) is 12.0. The summed E-state index contributed by atoms with van der Waals surface area (Å²) >= 11 is 11.3. The van der Waals surface area contributed by atoms with Crippen molar-refractivity contribution in [2.24, 2.45) is 15.9 Å². The predicted molar refractivity (Wildman–Crippen MR) is 70.5 cm³/mol. The Bertz CT molecular complexity index is 409. The minimum absolute atomic E-state index is 0.0402. The molecule has 3 N–H and O–H groups in total. The van der Waals surface area contributed by atoms with Gasteiger partial charge >= 0.3 is 0 Å². The summed E-state index contributed by atoms with van der Waals surface area (Å²) < 4.78 is 0. The molecule has 0 amide bonds. The molecule has 5 nitrogen and oxygen atoms in total. The second-order valence-electron chi connectivity index (χ2n) is 2.89. The zero-order valence-electron chi connectivity index (χ0n) is 8.94. The van der Waals surface area contributed by atoms with E-state index in [4.69, 9.17) is 33.8 Å². The Morgan fingerprint density at radius 2 is 2.24 bits per heavy atom. The number of nitrogens with one attached hydrogen (secondary N) is 1. The number of nitrogens with two attached hydrogens (primary N) is 1. The molecular weight excluding hydrogens is 263 g/mol. The summed E-state index contributed by atoms with van der Waals surface area (Å²) in [6, 6.07) is 7.26. The molecule has 0 aliphatic carbocycles. The molecule has 0 radical (unpaired) electrons. The van der Waals surface area contributed by atoms with Gasteiger partial charge in [0.25, 0.3) is 0 Å². The summed E-state index contributed by atoms with van der Waals surface area (Å²) in [5, 5.41) is 8.01. The number of hydrogen-bond donors (Lipinski definition) is 2. The van der Waals surface area contributed by atoms with Crippen molar-refractivity contribution in [3.8, 4) is 0 Å². The van der Waals surface area contributed by atoms with Gasteiger partial charge in [-0.1, -0.05) is 29.8 Å². The summed E-state index contributed by atoms with van der Waals surface area (Å²) in [7, 11) is 0. The van der Waals surface area contributed by atoms with E-state index in [0.29, 0.717) is 17.5 Å². The number of hydroxylamine groups is 1. The monoisotopic (exact) mass is 274 g/mol. The van der Waals surface area contributed by atoms with Crippen molar-refractivity contribution < 1.29 is 4.84 Å². The van der Waals surface area contributed by atoms with Crippen LogP contribution in [0.15, 0.2) is 34.5 Å². The number of hydrogen-bond acceptors (Lipinski definition) is 3. The van der Waals surface area contributed by atoms with E-state index < -0.39 is 0 Å². The van der Waals surface area contributed by atoms with E-state index in [1.165, 1.54) is 6.21 Å². The molecule has 0 aliphatic rings. The molecule has 1 aromatic carbocycles. The van der Waals surface area contributed by atoms with Crippen LogP contribution in [0.5, 0.6) is 0 Å². The summed E-state index contributed by atoms with van der Waals surface area (Å²) in [5.41, 5.74) is 8.58. The van der Waals surface area contributed by atoms with E-state index in [2.05, 4.69) is 15.7 Å². The number of benzene rings is 1. The maximum absolute atomic E-state index is 5.92. The van der Waals surface area contributed by atoms with E-state index >= 15 is 0 Å². The van der Waals surface area contributed by atoms with Gasteiger partial charge in [-0.2, -0.15) is 5.10 Å². The first-order valence-electron chi connectivity index (χ1n) is 4.79. The van der Waals surface area contributed by atoms with Crippen LogP contribution in [0.1, 0.15) is 5.56 Å². The Morgan fingerprint density at radius 3 is 2.94 bits per heavy atom. The molecule has 17 heavy (non-hydrogen) atoms. The van der Waals surface area contributed by atoms with Gasteiger partial charge in [0.1, 0.15) is 0 Å². The molecule has 0 fully saturated rings. The molecule has 0 heterocycles. The molecular formula is C10H12Cl2N4O. The lowest BCUT2D eigenvalue weighted by Crippen LogP contribution is -2.31. The highest BCUT2D eigenvalue weighted by Gasteiger charge is 1.93. The van der Waals surface area contributed by atoms with Crippen LogP contribution in [0.2, 0.25) is 5.02 Å². The summed E-state index contributed by atoms with van der Waals surface area (Å²) in [6.07, 6.45) is 1.50. The van der Waals surface area contributed by atoms with Crippen LogP contribution < -0.4 is 11.2 Å². The smallest absolute Gasteiger partial charge is 0.237 e. The Hall–Kier alpha value is -1.30. The third-order valence-electron chi connectivity index (χ3n) is 1.62. The SMILES string of the molecule is NC(=N/N=C/c1ccccc1Cl)NOCCCl. The summed E-state index contributed by atoms with van der Waals surface area (Å²) in [6.45, 7) is 0.325. The molecule has 0 spiro atoms. The number of alkyl halides is 1. The van der Waals surface area contributed by atoms with Gasteiger partial charge in [-0.3, -0.25) is 4.84 Å². The number of rotatable bonds is 5. The van der Waals surface area contributed by atoms with Gasteiger partial charge in [0.15, 0.2) is 0 Å². The van der Waals surface area contributed by atoms with Gasteiger partial charge in [-0.05, 0) is 6.07 Å². The first-order chi connectivity index (χ1) is 8.24. The maximum Gasteiger partial charge on any atom is 0.237 e. The maximum atomic E-state index is 5.92. The highest BCUT2D eigenvalue weighted by molar-refractivity contribution is 6.33. The van der Waals surface area contributed by atoms with Crippen molar-refractivity contribution in [3.63, 3.8) is 0 Å². The van der Waals surface area contributed by atoms with Crippen LogP contribution in [0.4, 0.5) is 0 Å². The van der Waals surface area contributed by atoms with E-state index in [9.17, 15) is 0 Å². The van der Waals surface area contributed by atoms with Crippen molar-refractivity contribution >= 4 is 35.4 Å². The fourth-order valence-electron chi connectivity index (χ4n) is 0.917. The molecule has 1 aromatic rings. The molecule has 0 atom stereocenters. The predicted octanol–water partition coefficient (Wildman–Crippen LogP) is 1.75. The molecule has 7 heteroatoms. The van der Waals surface area contributed by atoms with Gasteiger partial charge in [-0.25, -0.2) is 5.48 Å². The highest BCUT2D eigenvalue weighted by atomic mass is 35.5. The van der Waals surface area contributed by atoms with Crippen LogP contribution in [-0.4, -0.2) is 24.7 Å². The largest absolute Gasteiger partial charge is 0.367 e. The van der Waals surface area contributed by atoms with Crippen LogP contribution in [0.25, 0.3) is 0 Å². The topological polar surface area (TPSA) is 72.0 Å². The number of nitrogens with zero attached hydrogens (tertiary/aromatic N) is 2. The fourth-order valence-corrected chi connectivity index (χ4v) is 1.18. The van der Waals surface area contributed by atoms with Crippen LogP contribution in [0.3, 0.4) is 0 Å². The van der Waals surface area contributed by atoms with Gasteiger partial charge in [0, 0.05) is 16.5 Å². The first kappa shape index (κ1) is 13.8. The standard InChI is InChI=1S/C10H12Cl2N4O/c11-5-6-17-16-10(13)15-14-7-8-3-1-2-4-9(8)12/h1-4,7H,5-6H2,(H3,13,15,16)/b14-7+. The minimum Gasteiger partial charge on any atom is -0.367 e. The molecule has 0 aromatic heterocycles. The zero-order chi connectivity index (χ0) is 12.5. The van der Waals surface area contributed by atoms with Crippen LogP contribution in [0, 0.1) is 0 Å². The van der Waals surface area contributed by atoms with E-state index in [1.54, 1.807) is 6.07 Å². The molecule has 92 valence electrons. The lowest BCUT2D eigenvalue weighted by atomic mass is 10.2. The van der Waals surface area contributed by atoms with Crippen molar-refractivity contribution in [2.45, 2.75) is 0 Å². The number of halogens is 2. The fraction of sp³-hybridized carbons (Fsp3) is 0.200. The van der Waals surface area contributed by atoms with Gasteiger partial charge < -0.3 is 5.73 Å². The average molecular weight is 275 g/mol. The van der Waals surface area contributed by atoms with E-state index in [0.717, 1.165) is 5.56 Å². The second-order valence-corrected chi connectivity index (χ2v) is 3.68. The molecule has 0 bridgehead atoms. The highest BCUT2D eigenvalue weighted by Crippen LogP contribution is 2.12. The Kier molecular flexibility index (Phi) is 6.39. The summed E-state index contributed by atoms with van der Waals surface area (Å²) in [4.78, 5) is 4.83. The van der Waals surface area contributed by atoms with Crippen molar-refractivity contribution in [3.05, 3.63) is 34.9 Å². The van der Waals surface area contributed by atoms with Gasteiger partial charge in [0.2, 0.25) is 5.96 Å². The van der Waals surface area contributed by atoms with E-state index in [-0.39, 0.29) is 5.96 Å². The third kappa shape index (κ3) is 5.53. The van der Waals surface area contributed by atoms with Crippen molar-refractivity contribution in [1.82, 2.24) is 5.48 Å². The Morgan fingerprint density at radius 1 is 1.47 bits per heavy atom. The minimum atomic E-state index is 0.0402. The molecule has 0 saturated carbocycles. The van der Waals surface area contributed by atoms with Crippen molar-refractivity contribution in [2.75, 3.05) is 12.5 Å². The second kappa shape index (κ2) is 7.89. The van der Waals surface area contributed by atoms with Gasteiger partial charge in [-0.15, -0.1) is 16.7 Å². The Labute approximate surface area is 109 Å². The van der Waals surface area contributed by atoms with Crippen molar-refractivity contribution in [1.29, 1.82) is 0 Å². The van der Waals surface area contributed by atoms with E-state index in [1.807, 2.05) is 18.2 Å². The third-order valence-corrected chi connectivity index (χ3v) is 2.12. The molecule has 0 saturated heterocycles. The molecule has 0 unspecified atom stereocenters. The first-order valence-corrected chi connectivity index (χ1v) is 5.70. The lowest BCUT2D eigenvalue weighted by Gasteiger charge is -2.01. The zero-order valence-corrected chi connectivity index (χ0v) is 10.4. The van der Waals surface area contributed by atoms with Gasteiger partial charge in [0.05, 0.1) is 12.8 Å². The quantitative estimate of drug-likeness (QED) is 0.283. The average Bonchev–Trinajstić information content (AvgIpc) is 2.32.